The van der Waals surface area contributed by atoms with Gasteiger partial charge < -0.3 is 5.32 Å². The Kier molecular flexibility index (Phi) is 3.23. The fourth-order valence-electron chi connectivity index (χ4n) is 2.92. The number of nitrogens with one attached hydrogen (secondary N) is 1. The third-order valence-corrected chi connectivity index (χ3v) is 3.67. The summed E-state index contributed by atoms with van der Waals surface area (Å²) in [7, 11) is 0. The molecule has 0 spiro atoms. The van der Waals surface area contributed by atoms with Crippen molar-refractivity contribution in [2.24, 2.45) is 0 Å². The van der Waals surface area contributed by atoms with Gasteiger partial charge in [-0.05, 0) is 51.7 Å². The van der Waals surface area contributed by atoms with Crippen LogP contribution >= 0.6 is 0 Å². The van der Waals surface area contributed by atoms with Gasteiger partial charge in [0.1, 0.15) is 0 Å². The molecule has 0 radical (unpaired) electrons. The molecule has 0 aromatic carbocycles. The Labute approximate surface area is 81.7 Å². The molecule has 2 heterocycles. The Morgan fingerprint density at radius 3 is 2.69 bits per heavy atom. The van der Waals surface area contributed by atoms with Crippen LogP contribution in [-0.4, -0.2) is 36.6 Å². The van der Waals surface area contributed by atoms with Gasteiger partial charge in [0.15, 0.2) is 0 Å². The predicted molar refractivity (Wildman–Crippen MR) is 55.9 cm³/mol. The quantitative estimate of drug-likeness (QED) is 0.698. The lowest BCUT2D eigenvalue weighted by Gasteiger charge is -2.35. The molecule has 1 atom stereocenters. The maximum Gasteiger partial charge on any atom is 0.0122 e. The molecular formula is C11H22N2. The van der Waals surface area contributed by atoms with Crippen molar-refractivity contribution in [1.82, 2.24) is 10.2 Å². The Hall–Kier alpha value is -0.0800. The van der Waals surface area contributed by atoms with Crippen molar-refractivity contribution in [2.45, 2.75) is 51.1 Å². The summed E-state index contributed by atoms with van der Waals surface area (Å²) in [5.74, 6) is 0. The van der Waals surface area contributed by atoms with Crippen LogP contribution in [0, 0.1) is 0 Å². The SMILES string of the molecule is CC[C@H]1CCCN1C1CCNCC1. The minimum atomic E-state index is 0.897. The highest BCUT2D eigenvalue weighted by Gasteiger charge is 2.29. The van der Waals surface area contributed by atoms with Crippen molar-refractivity contribution >= 4 is 0 Å². The van der Waals surface area contributed by atoms with E-state index in [1.807, 2.05) is 0 Å². The summed E-state index contributed by atoms with van der Waals surface area (Å²) >= 11 is 0. The van der Waals surface area contributed by atoms with Crippen LogP contribution in [0.4, 0.5) is 0 Å². The van der Waals surface area contributed by atoms with E-state index in [0.29, 0.717) is 0 Å². The Morgan fingerprint density at radius 2 is 2.00 bits per heavy atom. The molecule has 1 N–H and O–H groups in total. The first kappa shape index (κ1) is 9.47. The molecule has 2 saturated heterocycles. The Morgan fingerprint density at radius 1 is 1.23 bits per heavy atom. The summed E-state index contributed by atoms with van der Waals surface area (Å²) in [5.41, 5.74) is 0. The number of nitrogens with zero attached hydrogens (tertiary/aromatic N) is 1. The van der Waals surface area contributed by atoms with Crippen molar-refractivity contribution in [1.29, 1.82) is 0 Å². The van der Waals surface area contributed by atoms with E-state index in [9.17, 15) is 0 Å². The van der Waals surface area contributed by atoms with Crippen LogP contribution < -0.4 is 5.32 Å². The van der Waals surface area contributed by atoms with E-state index < -0.39 is 0 Å². The Balaban J connectivity index is 1.90. The first-order chi connectivity index (χ1) is 6.42. The zero-order chi connectivity index (χ0) is 9.10. The van der Waals surface area contributed by atoms with Crippen molar-refractivity contribution < 1.29 is 0 Å². The maximum absolute atomic E-state index is 3.44. The van der Waals surface area contributed by atoms with Gasteiger partial charge in [-0.25, -0.2) is 0 Å². The van der Waals surface area contributed by atoms with Gasteiger partial charge in [0.2, 0.25) is 0 Å². The molecule has 0 unspecified atom stereocenters. The molecule has 2 heteroatoms. The zero-order valence-corrected chi connectivity index (χ0v) is 8.76. The van der Waals surface area contributed by atoms with E-state index in [1.165, 1.54) is 51.7 Å². The molecule has 76 valence electrons. The van der Waals surface area contributed by atoms with E-state index in [2.05, 4.69) is 17.1 Å². The maximum atomic E-state index is 3.44. The molecular weight excluding hydrogens is 160 g/mol. The number of rotatable bonds is 2. The molecule has 13 heavy (non-hydrogen) atoms. The summed E-state index contributed by atoms with van der Waals surface area (Å²) in [6.45, 7) is 6.17. The predicted octanol–water partition coefficient (Wildman–Crippen LogP) is 1.61. The highest BCUT2D eigenvalue weighted by molar-refractivity contribution is 4.86. The molecule has 2 rings (SSSR count). The fourth-order valence-corrected chi connectivity index (χ4v) is 2.92. The topological polar surface area (TPSA) is 15.3 Å². The molecule has 0 bridgehead atoms. The van der Waals surface area contributed by atoms with E-state index in [-0.39, 0.29) is 0 Å². The molecule has 0 aromatic rings. The summed E-state index contributed by atoms with van der Waals surface area (Å²) in [6.07, 6.45) is 6.97. The number of hydrogen-bond donors (Lipinski definition) is 1. The van der Waals surface area contributed by atoms with Gasteiger partial charge in [0.25, 0.3) is 0 Å². The van der Waals surface area contributed by atoms with Gasteiger partial charge in [-0.2, -0.15) is 0 Å². The highest BCUT2D eigenvalue weighted by Crippen LogP contribution is 2.25. The largest absolute Gasteiger partial charge is 0.317 e. The molecule has 0 saturated carbocycles. The average molecular weight is 182 g/mol. The normalized spacial score (nSPS) is 32.5. The molecule has 0 aromatic heterocycles. The molecule has 2 aliphatic rings. The van der Waals surface area contributed by atoms with Gasteiger partial charge in [-0.3, -0.25) is 4.90 Å². The standard InChI is InChI=1S/C11H22N2/c1-2-10-4-3-9-13(10)11-5-7-12-8-6-11/h10-12H,2-9H2,1H3/t10-/m0/s1. The van der Waals surface area contributed by atoms with E-state index >= 15 is 0 Å². The number of hydrogen-bond acceptors (Lipinski definition) is 2. The van der Waals surface area contributed by atoms with Crippen LogP contribution in [0.1, 0.15) is 39.0 Å². The summed E-state index contributed by atoms with van der Waals surface area (Å²) in [6, 6.07) is 1.80. The third-order valence-electron chi connectivity index (χ3n) is 3.67. The van der Waals surface area contributed by atoms with Gasteiger partial charge in [0.05, 0.1) is 0 Å². The van der Waals surface area contributed by atoms with Crippen molar-refractivity contribution in [2.75, 3.05) is 19.6 Å². The Bertz CT molecular complexity index is 152. The van der Waals surface area contributed by atoms with Gasteiger partial charge in [-0.15, -0.1) is 0 Å². The van der Waals surface area contributed by atoms with Crippen LogP contribution in [-0.2, 0) is 0 Å². The zero-order valence-electron chi connectivity index (χ0n) is 8.76. The second-order valence-corrected chi connectivity index (χ2v) is 4.42. The molecule has 0 aliphatic carbocycles. The molecule has 0 amide bonds. The molecule has 2 aliphatic heterocycles. The summed E-state index contributed by atoms with van der Waals surface area (Å²) in [4.78, 5) is 2.78. The van der Waals surface area contributed by atoms with Crippen LogP contribution in [0.5, 0.6) is 0 Å². The van der Waals surface area contributed by atoms with Crippen molar-refractivity contribution in [3.63, 3.8) is 0 Å². The molecule has 2 fully saturated rings. The summed E-state index contributed by atoms with van der Waals surface area (Å²) in [5, 5.41) is 3.44. The van der Waals surface area contributed by atoms with Crippen LogP contribution in [0.25, 0.3) is 0 Å². The van der Waals surface area contributed by atoms with Crippen LogP contribution in [0.2, 0.25) is 0 Å². The average Bonchev–Trinajstić information content (AvgIpc) is 2.67. The van der Waals surface area contributed by atoms with E-state index in [4.69, 9.17) is 0 Å². The van der Waals surface area contributed by atoms with Crippen molar-refractivity contribution in [3.8, 4) is 0 Å². The van der Waals surface area contributed by atoms with Crippen LogP contribution in [0.3, 0.4) is 0 Å². The first-order valence-corrected chi connectivity index (χ1v) is 5.88. The monoisotopic (exact) mass is 182 g/mol. The highest BCUT2D eigenvalue weighted by atomic mass is 15.2. The lowest BCUT2D eigenvalue weighted by atomic mass is 10.0. The first-order valence-electron chi connectivity index (χ1n) is 5.88. The summed E-state index contributed by atoms with van der Waals surface area (Å²) < 4.78 is 0. The fraction of sp³-hybridized carbons (Fsp3) is 1.00. The lowest BCUT2D eigenvalue weighted by molar-refractivity contribution is 0.145. The van der Waals surface area contributed by atoms with Crippen molar-refractivity contribution in [3.05, 3.63) is 0 Å². The van der Waals surface area contributed by atoms with Gasteiger partial charge >= 0.3 is 0 Å². The second-order valence-electron chi connectivity index (χ2n) is 4.42. The van der Waals surface area contributed by atoms with E-state index in [1.54, 1.807) is 0 Å². The third kappa shape index (κ3) is 2.05. The lowest BCUT2D eigenvalue weighted by Crippen LogP contribution is -2.45. The molecule has 2 nitrogen and oxygen atoms in total. The minimum absolute atomic E-state index is 0.897. The number of likely N-dealkylation sites (tertiary alicyclic amines) is 1. The van der Waals surface area contributed by atoms with Crippen LogP contribution in [0.15, 0.2) is 0 Å². The van der Waals surface area contributed by atoms with Gasteiger partial charge in [-0.1, -0.05) is 6.92 Å². The second kappa shape index (κ2) is 4.43. The number of piperidine rings is 1. The van der Waals surface area contributed by atoms with Gasteiger partial charge in [0, 0.05) is 12.1 Å². The minimum Gasteiger partial charge on any atom is -0.317 e. The van der Waals surface area contributed by atoms with E-state index in [0.717, 1.165) is 12.1 Å². The smallest absolute Gasteiger partial charge is 0.0122 e.